The third-order valence-electron chi connectivity index (χ3n) is 6.41. The number of rotatable bonds is 8. The molecule has 0 unspecified atom stereocenters. The van der Waals surface area contributed by atoms with E-state index in [1.165, 1.54) is 4.68 Å². The van der Waals surface area contributed by atoms with Crippen LogP contribution in [0.3, 0.4) is 0 Å². The summed E-state index contributed by atoms with van der Waals surface area (Å²) in [7, 11) is 1.59. The Morgan fingerprint density at radius 2 is 1.79 bits per heavy atom. The molecule has 208 valence electrons. The van der Waals surface area contributed by atoms with Gasteiger partial charge in [-0.15, -0.1) is 0 Å². The summed E-state index contributed by atoms with van der Waals surface area (Å²) >= 11 is 3.50. The fourth-order valence-corrected chi connectivity index (χ4v) is 4.92. The van der Waals surface area contributed by atoms with Crippen molar-refractivity contribution in [3.63, 3.8) is 0 Å². The summed E-state index contributed by atoms with van der Waals surface area (Å²) in [6, 6.07) is 28.8. The first-order valence-corrected chi connectivity index (χ1v) is 13.7. The number of para-hydroxylation sites is 2. The zero-order chi connectivity index (χ0) is 29.1. The third-order valence-corrected chi connectivity index (χ3v) is 7.03. The van der Waals surface area contributed by atoms with Crippen LogP contribution in [0, 0.1) is 0 Å². The minimum atomic E-state index is -0.345. The summed E-state index contributed by atoms with van der Waals surface area (Å²) in [5, 5.41) is 8.46. The highest BCUT2D eigenvalue weighted by molar-refractivity contribution is 9.10. The van der Waals surface area contributed by atoms with E-state index < -0.39 is 0 Å². The maximum Gasteiger partial charge on any atom is 0.282 e. The van der Waals surface area contributed by atoms with Crippen molar-refractivity contribution in [3.8, 4) is 23.1 Å². The molecule has 6 rings (SSSR count). The van der Waals surface area contributed by atoms with E-state index in [0.29, 0.717) is 49.5 Å². The van der Waals surface area contributed by atoms with E-state index in [-0.39, 0.29) is 23.9 Å². The van der Waals surface area contributed by atoms with E-state index in [9.17, 15) is 9.59 Å². The first-order valence-electron chi connectivity index (χ1n) is 12.9. The smallest absolute Gasteiger partial charge is 0.282 e. The lowest BCUT2D eigenvalue weighted by atomic mass is 10.2. The van der Waals surface area contributed by atoms with Gasteiger partial charge in [-0.1, -0.05) is 36.4 Å². The molecule has 0 atom stereocenters. The van der Waals surface area contributed by atoms with Crippen molar-refractivity contribution < 1.29 is 18.7 Å². The van der Waals surface area contributed by atoms with E-state index in [2.05, 4.69) is 26.3 Å². The number of fused-ring (bicyclic) bond motifs is 2. The fourth-order valence-electron chi connectivity index (χ4n) is 4.41. The topological polar surface area (TPSA) is 108 Å². The van der Waals surface area contributed by atoms with Crippen molar-refractivity contribution in [2.75, 3.05) is 19.0 Å². The number of furan rings is 1. The van der Waals surface area contributed by atoms with Crippen LogP contribution in [0.25, 0.3) is 33.5 Å². The maximum atomic E-state index is 13.6. The van der Waals surface area contributed by atoms with Crippen LogP contribution in [0.15, 0.2) is 116 Å². The van der Waals surface area contributed by atoms with Gasteiger partial charge in [0.15, 0.2) is 12.4 Å². The Labute approximate surface area is 248 Å². The largest absolute Gasteiger partial charge is 0.496 e. The zero-order valence-electron chi connectivity index (χ0n) is 22.3. The number of aromatic nitrogens is 2. The Morgan fingerprint density at radius 3 is 2.60 bits per heavy atom. The fraction of sp³-hybridized carbons (Fsp3) is 0.0625. The molecular formula is C32H23BrN4O5. The van der Waals surface area contributed by atoms with Crippen LogP contribution in [-0.2, 0) is 4.79 Å². The van der Waals surface area contributed by atoms with Crippen molar-refractivity contribution in [2.24, 2.45) is 5.10 Å². The summed E-state index contributed by atoms with van der Waals surface area (Å²) in [6.07, 6.45) is 1.54. The summed E-state index contributed by atoms with van der Waals surface area (Å²) in [5.41, 5.74) is 2.15. The lowest BCUT2D eigenvalue weighted by Crippen LogP contribution is -2.20. The van der Waals surface area contributed by atoms with Crippen LogP contribution in [-0.4, -0.2) is 35.5 Å². The third kappa shape index (κ3) is 5.52. The highest BCUT2D eigenvalue weighted by Crippen LogP contribution is 2.33. The Morgan fingerprint density at radius 1 is 0.976 bits per heavy atom. The number of ether oxygens (including phenoxy) is 2. The van der Waals surface area contributed by atoms with Gasteiger partial charge in [-0.3, -0.25) is 9.59 Å². The highest BCUT2D eigenvalue weighted by Gasteiger charge is 2.18. The molecule has 2 aromatic heterocycles. The van der Waals surface area contributed by atoms with Crippen LogP contribution in [0.4, 0.5) is 5.69 Å². The minimum absolute atomic E-state index is 0.162. The molecule has 0 bridgehead atoms. The normalized spacial score (nSPS) is 11.3. The lowest BCUT2D eigenvalue weighted by molar-refractivity contribution is -0.118. The molecule has 0 fully saturated rings. The lowest BCUT2D eigenvalue weighted by Gasteiger charge is -2.10. The number of hydrogen-bond donors (Lipinski definition) is 1. The second kappa shape index (κ2) is 11.7. The first-order chi connectivity index (χ1) is 20.5. The van der Waals surface area contributed by atoms with Gasteiger partial charge in [0, 0.05) is 5.69 Å². The quantitative estimate of drug-likeness (QED) is 0.195. The van der Waals surface area contributed by atoms with Gasteiger partial charge in [0.2, 0.25) is 5.82 Å². The number of methoxy groups -OCH3 is 1. The maximum absolute atomic E-state index is 13.6. The van der Waals surface area contributed by atoms with Crippen molar-refractivity contribution >= 4 is 55.6 Å². The second-order valence-electron chi connectivity index (χ2n) is 9.19. The average molecular weight is 623 g/mol. The highest BCUT2D eigenvalue weighted by atomic mass is 79.9. The van der Waals surface area contributed by atoms with Crippen molar-refractivity contribution in [1.29, 1.82) is 0 Å². The summed E-state index contributed by atoms with van der Waals surface area (Å²) in [6.45, 7) is -0.162. The van der Waals surface area contributed by atoms with Crippen molar-refractivity contribution in [2.45, 2.75) is 0 Å². The molecule has 0 saturated carbocycles. The molecule has 0 aliphatic carbocycles. The van der Waals surface area contributed by atoms with Gasteiger partial charge in [0.05, 0.1) is 34.1 Å². The van der Waals surface area contributed by atoms with Crippen LogP contribution < -0.4 is 20.3 Å². The van der Waals surface area contributed by atoms with Gasteiger partial charge < -0.3 is 19.2 Å². The molecule has 4 aromatic carbocycles. The van der Waals surface area contributed by atoms with Crippen LogP contribution >= 0.6 is 15.9 Å². The van der Waals surface area contributed by atoms with Gasteiger partial charge in [-0.05, 0) is 82.2 Å². The van der Waals surface area contributed by atoms with Crippen molar-refractivity contribution in [3.05, 3.63) is 117 Å². The Hall–Kier alpha value is -5.22. The molecule has 0 aliphatic heterocycles. The number of halogens is 1. The van der Waals surface area contributed by atoms with Gasteiger partial charge in [-0.2, -0.15) is 9.78 Å². The molecule has 0 aliphatic rings. The molecule has 2 heterocycles. The number of nitrogens with zero attached hydrogens (tertiary/aromatic N) is 3. The number of carbonyl (C=O) groups is 1. The van der Waals surface area contributed by atoms with Crippen LogP contribution in [0.2, 0.25) is 0 Å². The Bertz CT molecular complexity index is 2020. The number of benzene rings is 4. The molecule has 6 aromatic rings. The standard InChI is InChI=1S/C32H23BrN4O5/c1-40-26-12-7-13-27-23(26)17-29(42-27)31-36-25-11-6-5-10-22(25)32(39)37(31)34-18-20-14-15-28(24(33)16-20)41-19-30(38)35-21-8-3-2-4-9-21/h2-18H,19H2,1H3,(H,35,38). The van der Waals surface area contributed by atoms with E-state index in [1.54, 1.807) is 67.9 Å². The molecule has 1 amide bonds. The SMILES string of the molecule is COc1cccc2oc(-c3nc4ccccc4c(=O)n3N=Cc3ccc(OCC(=O)Nc4ccccc4)c(Br)c3)cc12. The van der Waals surface area contributed by atoms with Gasteiger partial charge in [0.25, 0.3) is 11.5 Å². The van der Waals surface area contributed by atoms with Crippen LogP contribution in [0.1, 0.15) is 5.56 Å². The molecule has 0 saturated heterocycles. The molecule has 10 heteroatoms. The second-order valence-corrected chi connectivity index (χ2v) is 10.0. The van der Waals surface area contributed by atoms with Gasteiger partial charge in [-0.25, -0.2) is 4.98 Å². The molecular weight excluding hydrogens is 600 g/mol. The minimum Gasteiger partial charge on any atom is -0.496 e. The van der Waals surface area contributed by atoms with E-state index in [0.717, 1.165) is 5.39 Å². The van der Waals surface area contributed by atoms with E-state index >= 15 is 0 Å². The average Bonchev–Trinajstić information content (AvgIpc) is 3.45. The number of hydrogen-bond acceptors (Lipinski definition) is 7. The molecule has 0 spiro atoms. The van der Waals surface area contributed by atoms with Gasteiger partial charge >= 0.3 is 0 Å². The van der Waals surface area contributed by atoms with Crippen molar-refractivity contribution in [1.82, 2.24) is 9.66 Å². The zero-order valence-corrected chi connectivity index (χ0v) is 23.9. The summed E-state index contributed by atoms with van der Waals surface area (Å²) in [4.78, 5) is 30.5. The predicted molar refractivity (Wildman–Crippen MR) is 165 cm³/mol. The van der Waals surface area contributed by atoms with E-state index in [4.69, 9.17) is 18.9 Å². The molecule has 42 heavy (non-hydrogen) atoms. The molecule has 0 radical (unpaired) electrons. The summed E-state index contributed by atoms with van der Waals surface area (Å²) < 4.78 is 19.1. The molecule has 9 nitrogen and oxygen atoms in total. The van der Waals surface area contributed by atoms with Crippen LogP contribution in [0.5, 0.6) is 11.5 Å². The number of amides is 1. The number of carbonyl (C=O) groups excluding carboxylic acids is 1. The Kier molecular flexibility index (Phi) is 7.52. The Balaban J connectivity index is 1.29. The summed E-state index contributed by atoms with van der Waals surface area (Å²) in [5.74, 6) is 1.46. The predicted octanol–water partition coefficient (Wildman–Crippen LogP) is 6.48. The van der Waals surface area contributed by atoms with E-state index in [1.807, 2.05) is 42.5 Å². The molecule has 1 N–H and O–H groups in total. The van der Waals surface area contributed by atoms with Gasteiger partial charge in [0.1, 0.15) is 17.1 Å². The first kappa shape index (κ1) is 27.0. The number of anilines is 1. The monoisotopic (exact) mass is 622 g/mol. The number of nitrogens with one attached hydrogen (secondary N) is 1.